The van der Waals surface area contributed by atoms with Gasteiger partial charge in [0.1, 0.15) is 5.82 Å². The average Bonchev–Trinajstić information content (AvgIpc) is 3.43. The summed E-state index contributed by atoms with van der Waals surface area (Å²) in [5.74, 6) is 0.0222. The molecule has 5 nitrogen and oxygen atoms in total. The van der Waals surface area contributed by atoms with Crippen molar-refractivity contribution >= 4 is 11.6 Å². The second kappa shape index (κ2) is 7.35. The molecule has 2 aliphatic heterocycles. The Kier molecular flexibility index (Phi) is 4.54. The van der Waals surface area contributed by atoms with Crippen molar-refractivity contribution in [3.63, 3.8) is 0 Å². The molecule has 6 heteroatoms. The second-order valence-corrected chi connectivity index (χ2v) is 7.88. The van der Waals surface area contributed by atoms with Gasteiger partial charge in [-0.2, -0.15) is 5.10 Å². The fourth-order valence-electron chi connectivity index (χ4n) is 4.47. The summed E-state index contributed by atoms with van der Waals surface area (Å²) >= 11 is 0. The van der Waals surface area contributed by atoms with Gasteiger partial charge >= 0.3 is 0 Å². The van der Waals surface area contributed by atoms with Crippen LogP contribution < -0.4 is 4.90 Å². The van der Waals surface area contributed by atoms with Crippen molar-refractivity contribution in [2.24, 2.45) is 5.92 Å². The molecule has 1 N–H and O–H groups in total. The van der Waals surface area contributed by atoms with Gasteiger partial charge in [0.25, 0.3) is 0 Å². The van der Waals surface area contributed by atoms with Crippen molar-refractivity contribution in [1.82, 2.24) is 15.1 Å². The Labute approximate surface area is 169 Å². The second-order valence-electron chi connectivity index (χ2n) is 7.88. The van der Waals surface area contributed by atoms with Gasteiger partial charge in [-0.15, -0.1) is 0 Å². The molecule has 0 unspecified atom stereocenters. The lowest BCUT2D eigenvalue weighted by molar-refractivity contribution is -0.136. The zero-order valence-electron chi connectivity index (χ0n) is 16.1. The van der Waals surface area contributed by atoms with Crippen LogP contribution in [0.15, 0.2) is 54.9 Å². The summed E-state index contributed by atoms with van der Waals surface area (Å²) < 4.78 is 14.7. The smallest absolute Gasteiger partial charge is 0.226 e. The minimum absolute atomic E-state index is 0.0221. The van der Waals surface area contributed by atoms with E-state index in [1.165, 1.54) is 11.1 Å². The Morgan fingerprint density at radius 2 is 1.76 bits per heavy atom. The monoisotopic (exact) mass is 390 g/mol. The van der Waals surface area contributed by atoms with Crippen LogP contribution in [0.3, 0.4) is 0 Å². The lowest BCUT2D eigenvalue weighted by atomic mass is 9.94. The summed E-state index contributed by atoms with van der Waals surface area (Å²) in [5.41, 5.74) is 4.78. The van der Waals surface area contributed by atoms with Gasteiger partial charge in [0.15, 0.2) is 0 Å². The Hall–Kier alpha value is -3.15. The highest BCUT2D eigenvalue weighted by molar-refractivity contribution is 5.80. The molecule has 1 amide bonds. The highest BCUT2D eigenvalue weighted by Gasteiger charge is 2.32. The van der Waals surface area contributed by atoms with Gasteiger partial charge in [0, 0.05) is 43.9 Å². The van der Waals surface area contributed by atoms with E-state index < -0.39 is 0 Å². The first-order valence-corrected chi connectivity index (χ1v) is 10.1. The van der Waals surface area contributed by atoms with E-state index in [1.807, 2.05) is 29.2 Å². The van der Waals surface area contributed by atoms with Gasteiger partial charge < -0.3 is 9.80 Å². The third kappa shape index (κ3) is 3.39. The predicted octanol–water partition coefficient (Wildman–Crippen LogP) is 3.97. The van der Waals surface area contributed by atoms with Gasteiger partial charge in [-0.3, -0.25) is 9.89 Å². The zero-order valence-corrected chi connectivity index (χ0v) is 16.1. The van der Waals surface area contributed by atoms with Crippen LogP contribution >= 0.6 is 0 Å². The number of nitrogens with zero attached hydrogens (tertiary/aromatic N) is 3. The van der Waals surface area contributed by atoms with Crippen LogP contribution in [0.5, 0.6) is 0 Å². The Morgan fingerprint density at radius 1 is 1.03 bits per heavy atom. The Balaban J connectivity index is 1.22. The minimum Gasteiger partial charge on any atom is -0.369 e. The highest BCUT2D eigenvalue weighted by Crippen LogP contribution is 2.31. The molecule has 148 valence electrons. The number of amides is 1. The molecule has 3 heterocycles. The van der Waals surface area contributed by atoms with Crippen molar-refractivity contribution < 1.29 is 9.18 Å². The van der Waals surface area contributed by atoms with E-state index in [1.54, 1.807) is 18.5 Å². The van der Waals surface area contributed by atoms with Gasteiger partial charge in [-0.05, 0) is 41.7 Å². The number of aromatic amines is 1. The first-order chi connectivity index (χ1) is 14.2. The summed E-state index contributed by atoms with van der Waals surface area (Å²) in [6, 6.07) is 13.6. The molecule has 1 saturated heterocycles. The maximum Gasteiger partial charge on any atom is 0.226 e. The molecular formula is C23H23FN4O. The van der Waals surface area contributed by atoms with Crippen LogP contribution in [-0.2, 0) is 17.9 Å². The minimum atomic E-state index is -0.233. The predicted molar refractivity (Wildman–Crippen MR) is 110 cm³/mol. The molecule has 2 aromatic carbocycles. The van der Waals surface area contributed by atoms with Gasteiger partial charge in [0.2, 0.25) is 5.91 Å². The molecule has 0 radical (unpaired) electrons. The number of H-pyrrole nitrogens is 1. The third-order valence-electron chi connectivity index (χ3n) is 6.12. The van der Waals surface area contributed by atoms with E-state index in [2.05, 4.69) is 27.2 Å². The number of halogens is 1. The van der Waals surface area contributed by atoms with Crippen molar-refractivity contribution in [2.75, 3.05) is 18.0 Å². The SMILES string of the molecule is O=C(C1CCN(c2ccc(-c3cn[nH]c3)cc2F)CC1)N1Cc2ccccc2C1. The van der Waals surface area contributed by atoms with E-state index in [0.29, 0.717) is 31.9 Å². The van der Waals surface area contributed by atoms with Crippen molar-refractivity contribution in [2.45, 2.75) is 25.9 Å². The number of nitrogens with one attached hydrogen (secondary N) is 1. The molecule has 0 atom stereocenters. The van der Waals surface area contributed by atoms with E-state index in [9.17, 15) is 9.18 Å². The maximum absolute atomic E-state index is 14.7. The molecule has 5 rings (SSSR count). The van der Waals surface area contributed by atoms with Crippen LogP contribution in [0.4, 0.5) is 10.1 Å². The van der Waals surface area contributed by atoms with Gasteiger partial charge in [-0.1, -0.05) is 30.3 Å². The van der Waals surface area contributed by atoms with Gasteiger partial charge in [-0.25, -0.2) is 4.39 Å². The van der Waals surface area contributed by atoms with Gasteiger partial charge in [0.05, 0.1) is 11.9 Å². The summed E-state index contributed by atoms with van der Waals surface area (Å²) in [7, 11) is 0. The number of aromatic nitrogens is 2. The highest BCUT2D eigenvalue weighted by atomic mass is 19.1. The standard InChI is InChI=1S/C23H23FN4O/c24-21-11-17(20-12-25-26-13-20)5-6-22(21)27-9-7-16(8-10-27)23(29)28-14-18-3-1-2-4-19(18)15-28/h1-6,11-13,16H,7-10,14-15H2,(H,25,26). The summed E-state index contributed by atoms with van der Waals surface area (Å²) in [6.07, 6.45) is 4.95. The number of anilines is 1. The lowest BCUT2D eigenvalue weighted by Gasteiger charge is -2.34. The number of carbonyl (C=O) groups excluding carboxylic acids is 1. The molecule has 0 bridgehead atoms. The molecule has 0 saturated carbocycles. The van der Waals surface area contributed by atoms with Crippen molar-refractivity contribution in [3.8, 4) is 11.1 Å². The normalized spacial score (nSPS) is 16.9. The summed E-state index contributed by atoms with van der Waals surface area (Å²) in [4.78, 5) is 17.0. The van der Waals surface area contributed by atoms with Crippen molar-refractivity contribution in [1.29, 1.82) is 0 Å². The Morgan fingerprint density at radius 3 is 2.38 bits per heavy atom. The number of carbonyl (C=O) groups is 1. The first kappa shape index (κ1) is 17.9. The third-order valence-corrected chi connectivity index (χ3v) is 6.12. The molecule has 29 heavy (non-hydrogen) atoms. The van der Waals surface area contributed by atoms with Crippen LogP contribution in [-0.4, -0.2) is 34.1 Å². The molecule has 2 aliphatic rings. The van der Waals surface area contributed by atoms with E-state index >= 15 is 0 Å². The molecular weight excluding hydrogens is 367 g/mol. The van der Waals surface area contributed by atoms with Crippen LogP contribution in [0.1, 0.15) is 24.0 Å². The van der Waals surface area contributed by atoms with E-state index in [4.69, 9.17) is 0 Å². The fourth-order valence-corrected chi connectivity index (χ4v) is 4.47. The molecule has 1 aromatic heterocycles. The molecule has 3 aromatic rings. The summed E-state index contributed by atoms with van der Waals surface area (Å²) in [6.45, 7) is 2.80. The van der Waals surface area contributed by atoms with E-state index in [-0.39, 0.29) is 17.6 Å². The fraction of sp³-hybridized carbons (Fsp3) is 0.304. The first-order valence-electron chi connectivity index (χ1n) is 10.1. The van der Waals surface area contributed by atoms with Crippen LogP contribution in [0.25, 0.3) is 11.1 Å². The number of piperidine rings is 1. The number of fused-ring (bicyclic) bond motifs is 1. The average molecular weight is 390 g/mol. The van der Waals surface area contributed by atoms with E-state index in [0.717, 1.165) is 24.0 Å². The molecule has 1 fully saturated rings. The Bertz CT molecular complexity index is 1000. The molecule has 0 spiro atoms. The number of rotatable bonds is 3. The van der Waals surface area contributed by atoms with Crippen LogP contribution in [0.2, 0.25) is 0 Å². The topological polar surface area (TPSA) is 52.2 Å². The quantitative estimate of drug-likeness (QED) is 0.736. The zero-order chi connectivity index (χ0) is 19.8. The summed E-state index contributed by atoms with van der Waals surface area (Å²) in [5, 5.41) is 6.67. The number of benzene rings is 2. The number of hydrogen-bond donors (Lipinski definition) is 1. The van der Waals surface area contributed by atoms with Crippen LogP contribution in [0, 0.1) is 11.7 Å². The lowest BCUT2D eigenvalue weighted by Crippen LogP contribution is -2.41. The largest absolute Gasteiger partial charge is 0.369 e. The molecule has 0 aliphatic carbocycles. The maximum atomic E-state index is 14.7. The number of hydrogen-bond acceptors (Lipinski definition) is 3. The van der Waals surface area contributed by atoms with Crippen molar-refractivity contribution in [3.05, 3.63) is 71.8 Å².